The van der Waals surface area contributed by atoms with Crippen molar-refractivity contribution in [3.63, 3.8) is 0 Å². The molecule has 48 heavy (non-hydrogen) atoms. The SMILES string of the molecule is CC.CC1=CC=C(c2cc(-c3cccc4c3oc3ccccc34)c3ccc4ccc(-c5ccc(C)cc5)c5ccc2c3c45)CC1.CCC. The third kappa shape index (κ3) is 5.28. The molecular formula is C47H44O. The summed E-state index contributed by atoms with van der Waals surface area (Å²) in [5, 5.41) is 10.2. The van der Waals surface area contributed by atoms with Gasteiger partial charge in [0.05, 0.1) is 0 Å². The van der Waals surface area contributed by atoms with Crippen molar-refractivity contribution >= 4 is 59.8 Å². The van der Waals surface area contributed by atoms with Gasteiger partial charge in [0.15, 0.2) is 0 Å². The summed E-state index contributed by atoms with van der Waals surface area (Å²) in [5.74, 6) is 0. The van der Waals surface area contributed by atoms with Crippen molar-refractivity contribution in [3.8, 4) is 22.3 Å². The zero-order valence-corrected chi connectivity index (χ0v) is 29.1. The first-order chi connectivity index (χ1) is 23.6. The first-order valence-corrected chi connectivity index (χ1v) is 17.6. The van der Waals surface area contributed by atoms with E-state index in [-0.39, 0.29) is 0 Å². The summed E-state index contributed by atoms with van der Waals surface area (Å²) in [5.41, 5.74) is 12.3. The van der Waals surface area contributed by atoms with Crippen molar-refractivity contribution in [1.29, 1.82) is 0 Å². The molecule has 1 aliphatic rings. The summed E-state index contributed by atoms with van der Waals surface area (Å²) in [6.07, 6.45) is 8.04. The smallest absolute Gasteiger partial charge is 0.143 e. The zero-order valence-electron chi connectivity index (χ0n) is 29.1. The van der Waals surface area contributed by atoms with Gasteiger partial charge in [0, 0.05) is 16.3 Å². The molecule has 0 atom stereocenters. The molecule has 0 radical (unpaired) electrons. The molecule has 0 fully saturated rings. The van der Waals surface area contributed by atoms with E-state index in [0.29, 0.717) is 0 Å². The Kier molecular flexibility index (Phi) is 8.63. The van der Waals surface area contributed by atoms with Gasteiger partial charge in [-0.05, 0) is 99.0 Å². The van der Waals surface area contributed by atoms with Gasteiger partial charge in [0.25, 0.3) is 0 Å². The Hall–Kier alpha value is -5.14. The minimum atomic E-state index is 0.932. The molecule has 7 aromatic carbocycles. The molecule has 0 N–H and O–H groups in total. The maximum atomic E-state index is 6.59. The van der Waals surface area contributed by atoms with Crippen LogP contribution in [-0.4, -0.2) is 0 Å². The highest BCUT2D eigenvalue weighted by Crippen LogP contribution is 2.47. The first kappa shape index (κ1) is 31.5. The average Bonchev–Trinajstić information content (AvgIpc) is 3.51. The summed E-state index contributed by atoms with van der Waals surface area (Å²) in [6, 6.07) is 40.3. The lowest BCUT2D eigenvalue weighted by atomic mass is 9.82. The van der Waals surface area contributed by atoms with Crippen molar-refractivity contribution in [1.82, 2.24) is 0 Å². The number of para-hydroxylation sites is 2. The van der Waals surface area contributed by atoms with Crippen molar-refractivity contribution in [2.24, 2.45) is 0 Å². The molecular weight excluding hydrogens is 581 g/mol. The second-order valence-electron chi connectivity index (χ2n) is 12.9. The molecule has 1 aromatic heterocycles. The maximum absolute atomic E-state index is 6.59. The number of hydrogen-bond acceptors (Lipinski definition) is 1. The molecule has 8 aromatic rings. The van der Waals surface area contributed by atoms with Gasteiger partial charge in [-0.2, -0.15) is 0 Å². The second-order valence-corrected chi connectivity index (χ2v) is 12.9. The third-order valence-electron chi connectivity index (χ3n) is 9.54. The number of aryl methyl sites for hydroxylation is 1. The molecule has 1 heteroatoms. The van der Waals surface area contributed by atoms with Crippen LogP contribution in [0.5, 0.6) is 0 Å². The predicted molar refractivity (Wildman–Crippen MR) is 211 cm³/mol. The Morgan fingerprint density at radius 2 is 1.21 bits per heavy atom. The van der Waals surface area contributed by atoms with Crippen LogP contribution in [-0.2, 0) is 0 Å². The van der Waals surface area contributed by atoms with Gasteiger partial charge in [-0.1, -0.05) is 154 Å². The lowest BCUT2D eigenvalue weighted by molar-refractivity contribution is 0.670. The first-order valence-electron chi connectivity index (χ1n) is 17.6. The fourth-order valence-electron chi connectivity index (χ4n) is 7.30. The van der Waals surface area contributed by atoms with Gasteiger partial charge >= 0.3 is 0 Å². The van der Waals surface area contributed by atoms with E-state index in [1.165, 1.54) is 77.7 Å². The highest BCUT2D eigenvalue weighted by atomic mass is 16.3. The van der Waals surface area contributed by atoms with E-state index in [1.54, 1.807) is 0 Å². The molecule has 0 saturated heterocycles. The Balaban J connectivity index is 0.000000693. The number of allylic oxidation sites excluding steroid dienone is 4. The summed E-state index contributed by atoms with van der Waals surface area (Å²) < 4.78 is 6.59. The molecule has 0 saturated carbocycles. The Morgan fingerprint density at radius 1 is 0.542 bits per heavy atom. The lowest BCUT2D eigenvalue weighted by Crippen LogP contribution is -1.97. The monoisotopic (exact) mass is 624 g/mol. The molecule has 0 amide bonds. The second kappa shape index (κ2) is 13.2. The summed E-state index contributed by atoms with van der Waals surface area (Å²) in [7, 11) is 0. The molecule has 1 aliphatic carbocycles. The fourth-order valence-corrected chi connectivity index (χ4v) is 7.30. The Labute approximate surface area is 284 Å². The van der Waals surface area contributed by atoms with Crippen LogP contribution >= 0.6 is 0 Å². The minimum Gasteiger partial charge on any atom is -0.455 e. The highest BCUT2D eigenvalue weighted by molar-refractivity contribution is 6.29. The number of rotatable bonds is 3. The van der Waals surface area contributed by atoms with Crippen molar-refractivity contribution in [3.05, 3.63) is 138 Å². The van der Waals surface area contributed by atoms with Crippen LogP contribution in [0.25, 0.3) is 82.1 Å². The van der Waals surface area contributed by atoms with E-state index in [4.69, 9.17) is 4.42 Å². The lowest BCUT2D eigenvalue weighted by Gasteiger charge is -2.21. The van der Waals surface area contributed by atoms with Crippen molar-refractivity contribution in [2.75, 3.05) is 0 Å². The standard InChI is InChI=1S/C42H30O.C3H8.C2H6/c1-25-10-14-27(15-11-25)30-20-18-29-19-21-34-38(36-8-5-7-35-31-6-3-4-9-39(31)43-42(35)36)24-37(28-16-12-26(2)13-17-28)33-23-22-32(30)40(29)41(33)34;1-3-2;1-2/h3-12,14-16,18-24H,13,17H2,1-2H3;3H2,1-2H3;1-2H3. The number of fused-ring (bicyclic) bond motifs is 3. The Morgan fingerprint density at radius 3 is 1.96 bits per heavy atom. The van der Waals surface area contributed by atoms with E-state index >= 15 is 0 Å². The van der Waals surface area contributed by atoms with Crippen LogP contribution < -0.4 is 0 Å². The fraction of sp³-hybridized carbons (Fsp3) is 0.191. The summed E-state index contributed by atoms with van der Waals surface area (Å²) in [6.45, 7) is 12.6. The van der Waals surface area contributed by atoms with Crippen LogP contribution in [0.3, 0.4) is 0 Å². The minimum absolute atomic E-state index is 0.932. The van der Waals surface area contributed by atoms with E-state index < -0.39 is 0 Å². The molecule has 238 valence electrons. The normalized spacial score (nSPS) is 13.0. The predicted octanol–water partition coefficient (Wildman–Crippen LogP) is 14.7. The van der Waals surface area contributed by atoms with Crippen molar-refractivity contribution in [2.45, 2.75) is 60.8 Å². The largest absolute Gasteiger partial charge is 0.455 e. The van der Waals surface area contributed by atoms with Gasteiger partial charge in [-0.3, -0.25) is 0 Å². The molecule has 1 nitrogen and oxygen atoms in total. The van der Waals surface area contributed by atoms with E-state index in [2.05, 4.69) is 149 Å². The number of benzene rings is 7. The molecule has 9 rings (SSSR count). The highest BCUT2D eigenvalue weighted by Gasteiger charge is 2.21. The van der Waals surface area contributed by atoms with Gasteiger partial charge < -0.3 is 4.42 Å². The van der Waals surface area contributed by atoms with E-state index in [9.17, 15) is 0 Å². The molecule has 0 spiro atoms. The zero-order chi connectivity index (χ0) is 33.4. The maximum Gasteiger partial charge on any atom is 0.143 e. The van der Waals surface area contributed by atoms with Gasteiger partial charge in [-0.25, -0.2) is 0 Å². The van der Waals surface area contributed by atoms with Gasteiger partial charge in [-0.15, -0.1) is 0 Å². The van der Waals surface area contributed by atoms with Crippen LogP contribution in [0.1, 0.15) is 65.0 Å². The average molecular weight is 625 g/mol. The summed E-state index contributed by atoms with van der Waals surface area (Å²) in [4.78, 5) is 0. The van der Waals surface area contributed by atoms with Crippen LogP contribution in [0.15, 0.2) is 131 Å². The summed E-state index contributed by atoms with van der Waals surface area (Å²) >= 11 is 0. The topological polar surface area (TPSA) is 13.1 Å². The molecule has 0 aliphatic heterocycles. The van der Waals surface area contributed by atoms with Crippen LogP contribution in [0, 0.1) is 6.92 Å². The molecule has 0 bridgehead atoms. The quantitative estimate of drug-likeness (QED) is 0.178. The van der Waals surface area contributed by atoms with Gasteiger partial charge in [0.2, 0.25) is 0 Å². The van der Waals surface area contributed by atoms with Gasteiger partial charge in [0.1, 0.15) is 11.2 Å². The van der Waals surface area contributed by atoms with Crippen LogP contribution in [0.4, 0.5) is 0 Å². The van der Waals surface area contributed by atoms with Crippen LogP contribution in [0.2, 0.25) is 0 Å². The molecule has 1 heterocycles. The Bertz CT molecular complexity index is 2460. The molecule has 0 unspecified atom stereocenters. The van der Waals surface area contributed by atoms with E-state index in [1.807, 2.05) is 13.8 Å². The number of furan rings is 1. The van der Waals surface area contributed by atoms with E-state index in [0.717, 1.165) is 40.3 Å². The van der Waals surface area contributed by atoms with Crippen molar-refractivity contribution < 1.29 is 4.42 Å². The number of hydrogen-bond donors (Lipinski definition) is 0. The third-order valence-corrected chi connectivity index (χ3v) is 9.54.